The summed E-state index contributed by atoms with van der Waals surface area (Å²) in [6, 6.07) is 7.52. The number of carbonyl (C=O) groups excluding carboxylic acids is 1. The lowest BCUT2D eigenvalue weighted by molar-refractivity contribution is -0.142. The van der Waals surface area contributed by atoms with Gasteiger partial charge in [-0.2, -0.15) is 13.2 Å². The van der Waals surface area contributed by atoms with Crippen molar-refractivity contribution in [3.8, 4) is 0 Å². The zero-order valence-corrected chi connectivity index (χ0v) is 12.2. The first-order chi connectivity index (χ1) is 9.85. The number of aromatic nitrogens is 1. The molecule has 0 saturated carbocycles. The second-order valence-electron chi connectivity index (χ2n) is 4.20. The van der Waals surface area contributed by atoms with E-state index in [2.05, 4.69) is 20.9 Å². The van der Waals surface area contributed by atoms with Gasteiger partial charge in [0.2, 0.25) is 0 Å². The van der Waals surface area contributed by atoms with Crippen LogP contribution in [0, 0.1) is 0 Å². The summed E-state index contributed by atoms with van der Waals surface area (Å²) in [6.07, 6.45) is -3.17. The highest BCUT2D eigenvalue weighted by molar-refractivity contribution is 9.10. The van der Waals surface area contributed by atoms with Crippen molar-refractivity contribution >= 4 is 21.8 Å². The highest BCUT2D eigenvalue weighted by Crippen LogP contribution is 2.20. The Balaban J connectivity index is 2.23. The Morgan fingerprint density at radius 1 is 1.29 bits per heavy atom. The summed E-state index contributed by atoms with van der Waals surface area (Å²) >= 11 is 3.08. The summed E-state index contributed by atoms with van der Waals surface area (Å²) in [6.45, 7) is -1.65. The fourth-order valence-electron chi connectivity index (χ4n) is 1.70. The summed E-state index contributed by atoms with van der Waals surface area (Å²) in [5, 5.41) is 0. The Kier molecular flexibility index (Phi) is 4.66. The van der Waals surface area contributed by atoms with Crippen LogP contribution in [0.1, 0.15) is 16.2 Å². The lowest BCUT2D eigenvalue weighted by Gasteiger charge is -2.22. The van der Waals surface area contributed by atoms with E-state index in [4.69, 9.17) is 4.42 Å². The van der Waals surface area contributed by atoms with Gasteiger partial charge in [0.25, 0.3) is 5.91 Å². The molecule has 0 aliphatic heterocycles. The van der Waals surface area contributed by atoms with Gasteiger partial charge in [-0.25, -0.2) is 4.98 Å². The molecular formula is C13H10BrF3N2O2. The summed E-state index contributed by atoms with van der Waals surface area (Å²) in [7, 11) is 0. The minimum Gasteiger partial charge on any atom is -0.467 e. The standard InChI is InChI=1S/C13H10BrF3N2O2/c14-11-5-1-4-10(18-11)12(20)19(8-13(15,16)17)7-9-3-2-6-21-9/h1-6H,7-8H2. The van der Waals surface area contributed by atoms with Crippen LogP contribution in [0.2, 0.25) is 0 Å². The van der Waals surface area contributed by atoms with E-state index < -0.39 is 18.6 Å². The molecule has 0 atom stereocenters. The normalized spacial score (nSPS) is 11.4. The van der Waals surface area contributed by atoms with E-state index >= 15 is 0 Å². The number of nitrogens with zero attached hydrogens (tertiary/aromatic N) is 2. The number of amides is 1. The molecule has 0 bridgehead atoms. The van der Waals surface area contributed by atoms with Gasteiger partial charge in [-0.05, 0) is 40.2 Å². The Labute approximate surface area is 126 Å². The second-order valence-corrected chi connectivity index (χ2v) is 5.01. The van der Waals surface area contributed by atoms with Gasteiger partial charge in [-0.15, -0.1) is 0 Å². The van der Waals surface area contributed by atoms with Crippen LogP contribution in [0.25, 0.3) is 0 Å². The van der Waals surface area contributed by atoms with E-state index in [-0.39, 0.29) is 18.0 Å². The molecule has 2 heterocycles. The summed E-state index contributed by atoms with van der Waals surface area (Å²) in [5.41, 5.74) is -0.0693. The van der Waals surface area contributed by atoms with Crippen LogP contribution >= 0.6 is 15.9 Å². The third kappa shape index (κ3) is 4.59. The van der Waals surface area contributed by atoms with Gasteiger partial charge in [0.05, 0.1) is 12.8 Å². The smallest absolute Gasteiger partial charge is 0.406 e. The topological polar surface area (TPSA) is 46.3 Å². The SMILES string of the molecule is O=C(c1cccc(Br)n1)N(Cc1ccco1)CC(F)(F)F. The molecule has 0 saturated heterocycles. The van der Waals surface area contributed by atoms with Crippen LogP contribution in [0.4, 0.5) is 13.2 Å². The zero-order chi connectivity index (χ0) is 15.5. The van der Waals surface area contributed by atoms with Gasteiger partial charge in [-0.1, -0.05) is 6.07 Å². The van der Waals surface area contributed by atoms with Crippen molar-refractivity contribution in [3.63, 3.8) is 0 Å². The predicted molar refractivity (Wildman–Crippen MR) is 71.4 cm³/mol. The third-order valence-corrected chi connectivity index (χ3v) is 2.96. The molecule has 0 fully saturated rings. The molecule has 2 aromatic rings. The summed E-state index contributed by atoms with van der Waals surface area (Å²) in [4.78, 5) is 16.7. The number of halogens is 4. The number of hydrogen-bond donors (Lipinski definition) is 0. The first-order valence-corrected chi connectivity index (χ1v) is 6.65. The van der Waals surface area contributed by atoms with Gasteiger partial charge in [0.15, 0.2) is 0 Å². The minimum atomic E-state index is -4.51. The maximum absolute atomic E-state index is 12.6. The van der Waals surface area contributed by atoms with E-state index in [0.29, 0.717) is 9.50 Å². The molecule has 0 spiro atoms. The monoisotopic (exact) mass is 362 g/mol. The van der Waals surface area contributed by atoms with Crippen LogP contribution in [-0.4, -0.2) is 28.5 Å². The Hall–Kier alpha value is -1.83. The van der Waals surface area contributed by atoms with Gasteiger partial charge in [0.1, 0.15) is 22.6 Å². The Morgan fingerprint density at radius 3 is 2.62 bits per heavy atom. The predicted octanol–water partition coefficient (Wildman–Crippen LogP) is 3.64. The molecule has 0 N–H and O–H groups in total. The van der Waals surface area contributed by atoms with E-state index in [1.807, 2.05) is 0 Å². The van der Waals surface area contributed by atoms with Gasteiger partial charge >= 0.3 is 6.18 Å². The average Bonchev–Trinajstić information content (AvgIpc) is 2.88. The molecule has 2 rings (SSSR count). The number of hydrogen-bond acceptors (Lipinski definition) is 3. The Bertz CT molecular complexity index is 614. The first-order valence-electron chi connectivity index (χ1n) is 5.86. The molecule has 8 heteroatoms. The molecule has 4 nitrogen and oxygen atoms in total. The molecule has 0 radical (unpaired) electrons. The van der Waals surface area contributed by atoms with Crippen LogP contribution in [-0.2, 0) is 6.54 Å². The fourth-order valence-corrected chi connectivity index (χ4v) is 2.04. The highest BCUT2D eigenvalue weighted by atomic mass is 79.9. The molecule has 0 aliphatic rings. The highest BCUT2D eigenvalue weighted by Gasteiger charge is 2.34. The quantitative estimate of drug-likeness (QED) is 0.780. The molecule has 0 unspecified atom stereocenters. The van der Waals surface area contributed by atoms with Crippen LogP contribution in [0.5, 0.6) is 0 Å². The average molecular weight is 363 g/mol. The maximum atomic E-state index is 12.6. The fraction of sp³-hybridized carbons (Fsp3) is 0.231. The van der Waals surface area contributed by atoms with Crippen molar-refractivity contribution < 1.29 is 22.4 Å². The van der Waals surface area contributed by atoms with E-state index in [1.54, 1.807) is 12.1 Å². The van der Waals surface area contributed by atoms with Crippen molar-refractivity contribution in [3.05, 3.63) is 52.7 Å². The van der Waals surface area contributed by atoms with Gasteiger partial charge in [-0.3, -0.25) is 4.79 Å². The minimum absolute atomic E-state index is 0.0693. The number of furan rings is 1. The molecule has 2 aromatic heterocycles. The number of alkyl halides is 3. The molecule has 21 heavy (non-hydrogen) atoms. The van der Waals surface area contributed by atoms with Crippen molar-refractivity contribution in [1.29, 1.82) is 0 Å². The van der Waals surface area contributed by atoms with E-state index in [1.165, 1.54) is 24.5 Å². The van der Waals surface area contributed by atoms with E-state index in [9.17, 15) is 18.0 Å². The molecule has 0 aliphatic carbocycles. The van der Waals surface area contributed by atoms with Crippen molar-refractivity contribution in [2.45, 2.75) is 12.7 Å². The van der Waals surface area contributed by atoms with Gasteiger partial charge < -0.3 is 9.32 Å². The number of rotatable bonds is 4. The lowest BCUT2D eigenvalue weighted by Crippen LogP contribution is -2.38. The number of carbonyl (C=O) groups is 1. The van der Waals surface area contributed by atoms with Crippen molar-refractivity contribution in [2.24, 2.45) is 0 Å². The summed E-state index contributed by atoms with van der Waals surface area (Å²) < 4.78 is 43.3. The third-order valence-electron chi connectivity index (χ3n) is 2.52. The lowest BCUT2D eigenvalue weighted by atomic mass is 10.3. The van der Waals surface area contributed by atoms with Crippen molar-refractivity contribution in [1.82, 2.24) is 9.88 Å². The largest absolute Gasteiger partial charge is 0.467 e. The molecular weight excluding hydrogens is 353 g/mol. The van der Waals surface area contributed by atoms with Crippen LogP contribution in [0.15, 0.2) is 45.6 Å². The van der Waals surface area contributed by atoms with Crippen LogP contribution < -0.4 is 0 Å². The van der Waals surface area contributed by atoms with Crippen LogP contribution in [0.3, 0.4) is 0 Å². The molecule has 1 amide bonds. The maximum Gasteiger partial charge on any atom is 0.406 e. The first kappa shape index (κ1) is 15.6. The molecule has 0 aromatic carbocycles. The molecule has 112 valence electrons. The zero-order valence-electron chi connectivity index (χ0n) is 10.6. The van der Waals surface area contributed by atoms with Crippen molar-refractivity contribution in [2.75, 3.05) is 6.54 Å². The second kappa shape index (κ2) is 6.30. The van der Waals surface area contributed by atoms with E-state index in [0.717, 1.165) is 0 Å². The Morgan fingerprint density at radius 2 is 2.05 bits per heavy atom. The van der Waals surface area contributed by atoms with Gasteiger partial charge in [0, 0.05) is 0 Å². The number of pyridine rings is 1. The summed E-state index contributed by atoms with van der Waals surface area (Å²) in [5.74, 6) is -0.548.